The van der Waals surface area contributed by atoms with E-state index in [0.29, 0.717) is 6.61 Å². The van der Waals surface area contributed by atoms with Crippen LogP contribution in [0.4, 0.5) is 5.69 Å². The lowest BCUT2D eigenvalue weighted by Gasteiger charge is -2.14. The first-order valence-corrected chi connectivity index (χ1v) is 7.24. The number of hydrogen-bond acceptors (Lipinski definition) is 3. The van der Waals surface area contributed by atoms with Gasteiger partial charge in [-0.3, -0.25) is 9.59 Å². The molecule has 1 aliphatic rings. The highest BCUT2D eigenvalue weighted by Gasteiger charge is 2.23. The fraction of sp³-hybridized carbons (Fsp3) is 0.500. The van der Waals surface area contributed by atoms with Crippen LogP contribution < -0.4 is 10.6 Å². The molecule has 2 N–H and O–H groups in total. The molecule has 114 valence electrons. The molecule has 21 heavy (non-hydrogen) atoms. The van der Waals surface area contributed by atoms with Gasteiger partial charge in [0.15, 0.2) is 0 Å². The normalized spacial score (nSPS) is 17.6. The average molecular weight is 290 g/mol. The van der Waals surface area contributed by atoms with Crippen molar-refractivity contribution in [1.82, 2.24) is 5.32 Å². The number of ether oxygens (including phenoxy) is 1. The second-order valence-electron chi connectivity index (χ2n) is 5.54. The van der Waals surface area contributed by atoms with E-state index in [4.69, 9.17) is 4.74 Å². The van der Waals surface area contributed by atoms with Crippen LogP contribution >= 0.6 is 0 Å². The number of nitrogens with one attached hydrogen (secondary N) is 2. The summed E-state index contributed by atoms with van der Waals surface area (Å²) in [7, 11) is 0. The molecule has 2 amide bonds. The summed E-state index contributed by atoms with van der Waals surface area (Å²) in [5, 5.41) is 5.48. The quantitative estimate of drug-likeness (QED) is 0.889. The SMILES string of the molecule is Cc1cc(C)c(NC(=O)CNC(=O)C2CCCO2)c(C)c1. The molecule has 0 spiro atoms. The van der Waals surface area contributed by atoms with Crippen molar-refractivity contribution in [2.24, 2.45) is 0 Å². The van der Waals surface area contributed by atoms with E-state index in [1.807, 2.05) is 32.9 Å². The van der Waals surface area contributed by atoms with Gasteiger partial charge in [0.05, 0.1) is 6.54 Å². The van der Waals surface area contributed by atoms with Crippen LogP contribution in [0.5, 0.6) is 0 Å². The molecule has 5 heteroatoms. The molecule has 1 fully saturated rings. The van der Waals surface area contributed by atoms with Gasteiger partial charge in [-0.15, -0.1) is 0 Å². The van der Waals surface area contributed by atoms with Crippen molar-refractivity contribution >= 4 is 17.5 Å². The number of amides is 2. The Morgan fingerprint density at radius 3 is 2.48 bits per heavy atom. The molecule has 0 saturated carbocycles. The minimum Gasteiger partial charge on any atom is -0.368 e. The van der Waals surface area contributed by atoms with E-state index in [1.54, 1.807) is 0 Å². The van der Waals surface area contributed by atoms with Gasteiger partial charge in [0.1, 0.15) is 6.10 Å². The number of anilines is 1. The van der Waals surface area contributed by atoms with Crippen molar-refractivity contribution in [3.05, 3.63) is 28.8 Å². The predicted octanol–water partition coefficient (Wildman–Crippen LogP) is 1.85. The first-order chi connectivity index (χ1) is 9.97. The highest BCUT2D eigenvalue weighted by molar-refractivity contribution is 5.96. The van der Waals surface area contributed by atoms with Crippen LogP contribution in [-0.2, 0) is 14.3 Å². The maximum Gasteiger partial charge on any atom is 0.249 e. The lowest BCUT2D eigenvalue weighted by molar-refractivity contribution is -0.131. The zero-order chi connectivity index (χ0) is 15.4. The van der Waals surface area contributed by atoms with Crippen LogP contribution in [0.2, 0.25) is 0 Å². The molecule has 5 nitrogen and oxygen atoms in total. The summed E-state index contributed by atoms with van der Waals surface area (Å²) in [5.74, 6) is -0.434. The van der Waals surface area contributed by atoms with Crippen LogP contribution in [0.1, 0.15) is 29.5 Å². The van der Waals surface area contributed by atoms with E-state index in [9.17, 15) is 9.59 Å². The van der Waals surface area contributed by atoms with E-state index in [0.717, 1.165) is 35.2 Å². The fourth-order valence-electron chi connectivity index (χ4n) is 2.63. The standard InChI is InChI=1S/C16H22N2O3/c1-10-7-11(2)15(12(3)8-10)18-14(19)9-17-16(20)13-5-4-6-21-13/h7-8,13H,4-6,9H2,1-3H3,(H,17,20)(H,18,19). The first-order valence-electron chi connectivity index (χ1n) is 7.24. The summed E-state index contributed by atoms with van der Waals surface area (Å²) in [6.45, 7) is 6.52. The van der Waals surface area contributed by atoms with Gasteiger partial charge in [-0.25, -0.2) is 0 Å². The maximum atomic E-state index is 12.0. The molecule has 0 bridgehead atoms. The number of aryl methyl sites for hydroxylation is 3. The highest BCUT2D eigenvalue weighted by Crippen LogP contribution is 2.21. The molecule has 1 saturated heterocycles. The van der Waals surface area contributed by atoms with Gasteiger partial charge < -0.3 is 15.4 Å². The lowest BCUT2D eigenvalue weighted by Crippen LogP contribution is -2.39. The van der Waals surface area contributed by atoms with Crippen LogP contribution in [0.15, 0.2) is 12.1 Å². The summed E-state index contributed by atoms with van der Waals surface area (Å²) >= 11 is 0. The van der Waals surface area contributed by atoms with E-state index in [1.165, 1.54) is 0 Å². The smallest absolute Gasteiger partial charge is 0.249 e. The Morgan fingerprint density at radius 1 is 1.24 bits per heavy atom. The Morgan fingerprint density at radius 2 is 1.90 bits per heavy atom. The number of carbonyl (C=O) groups excluding carboxylic acids is 2. The second kappa shape index (κ2) is 6.72. The molecular weight excluding hydrogens is 268 g/mol. The molecule has 1 atom stereocenters. The van der Waals surface area contributed by atoms with Crippen molar-refractivity contribution in [2.75, 3.05) is 18.5 Å². The third kappa shape index (κ3) is 4.04. The Labute approximate surface area is 125 Å². The van der Waals surface area contributed by atoms with Crippen LogP contribution in [0.3, 0.4) is 0 Å². The largest absolute Gasteiger partial charge is 0.368 e. The summed E-state index contributed by atoms with van der Waals surface area (Å²) in [6.07, 6.45) is 1.22. The molecule has 1 aliphatic heterocycles. The Bertz CT molecular complexity index is 525. The monoisotopic (exact) mass is 290 g/mol. The van der Waals surface area contributed by atoms with Gasteiger partial charge in [-0.2, -0.15) is 0 Å². The molecule has 0 aromatic heterocycles. The van der Waals surface area contributed by atoms with Crippen molar-refractivity contribution in [3.63, 3.8) is 0 Å². The molecule has 0 radical (unpaired) electrons. The summed E-state index contributed by atoms with van der Waals surface area (Å²) < 4.78 is 5.27. The van der Waals surface area contributed by atoms with Gasteiger partial charge in [-0.1, -0.05) is 17.7 Å². The van der Waals surface area contributed by atoms with E-state index < -0.39 is 6.10 Å². The minimum absolute atomic E-state index is 0.0363. The van der Waals surface area contributed by atoms with E-state index in [2.05, 4.69) is 10.6 Å². The van der Waals surface area contributed by atoms with Crippen molar-refractivity contribution < 1.29 is 14.3 Å². The van der Waals surface area contributed by atoms with Gasteiger partial charge in [-0.05, 0) is 44.7 Å². The van der Waals surface area contributed by atoms with Gasteiger partial charge in [0.25, 0.3) is 0 Å². The zero-order valence-electron chi connectivity index (χ0n) is 12.8. The summed E-state index contributed by atoms with van der Waals surface area (Å²) in [5.41, 5.74) is 4.02. The molecule has 1 aromatic rings. The minimum atomic E-state index is -0.402. The van der Waals surface area contributed by atoms with Crippen LogP contribution in [-0.4, -0.2) is 31.1 Å². The average Bonchev–Trinajstić information content (AvgIpc) is 2.94. The van der Waals surface area contributed by atoms with Gasteiger partial charge >= 0.3 is 0 Å². The predicted molar refractivity (Wildman–Crippen MR) is 81.3 cm³/mol. The van der Waals surface area contributed by atoms with Gasteiger partial charge in [0.2, 0.25) is 11.8 Å². The van der Waals surface area contributed by atoms with Crippen LogP contribution in [0.25, 0.3) is 0 Å². The lowest BCUT2D eigenvalue weighted by atomic mass is 10.1. The van der Waals surface area contributed by atoms with Gasteiger partial charge in [0, 0.05) is 12.3 Å². The van der Waals surface area contributed by atoms with Crippen molar-refractivity contribution in [1.29, 1.82) is 0 Å². The molecular formula is C16H22N2O3. The Kier molecular flexibility index (Phi) is 4.96. The zero-order valence-corrected chi connectivity index (χ0v) is 12.8. The first kappa shape index (κ1) is 15.5. The van der Waals surface area contributed by atoms with Crippen LogP contribution in [0, 0.1) is 20.8 Å². The number of benzene rings is 1. The van der Waals surface area contributed by atoms with Crippen molar-refractivity contribution in [3.8, 4) is 0 Å². The van der Waals surface area contributed by atoms with E-state index in [-0.39, 0.29) is 18.4 Å². The number of hydrogen-bond donors (Lipinski definition) is 2. The van der Waals surface area contributed by atoms with Crippen molar-refractivity contribution in [2.45, 2.75) is 39.7 Å². The fourth-order valence-corrected chi connectivity index (χ4v) is 2.63. The third-order valence-electron chi connectivity index (χ3n) is 3.59. The Balaban J connectivity index is 1.88. The summed E-state index contributed by atoms with van der Waals surface area (Å²) in [4.78, 5) is 23.7. The topological polar surface area (TPSA) is 67.4 Å². The maximum absolute atomic E-state index is 12.0. The van der Waals surface area contributed by atoms with E-state index >= 15 is 0 Å². The second-order valence-corrected chi connectivity index (χ2v) is 5.54. The molecule has 2 rings (SSSR count). The molecule has 1 unspecified atom stereocenters. The third-order valence-corrected chi connectivity index (χ3v) is 3.59. The highest BCUT2D eigenvalue weighted by atomic mass is 16.5. The number of carbonyl (C=O) groups is 2. The number of rotatable bonds is 4. The molecule has 1 aromatic carbocycles. The summed E-state index contributed by atoms with van der Waals surface area (Å²) in [6, 6.07) is 4.04. The molecule has 0 aliphatic carbocycles. The molecule has 1 heterocycles. The Hall–Kier alpha value is -1.88.